The van der Waals surface area contributed by atoms with Crippen molar-refractivity contribution in [3.05, 3.63) is 106 Å². The second kappa shape index (κ2) is 13.9. The zero-order valence-electron chi connectivity index (χ0n) is 25.6. The van der Waals surface area contributed by atoms with Gasteiger partial charge < -0.3 is 15.1 Å². The number of halogens is 2. The van der Waals surface area contributed by atoms with Gasteiger partial charge in [0, 0.05) is 84.0 Å². The van der Waals surface area contributed by atoms with E-state index in [0.717, 1.165) is 69.2 Å². The number of nitrogens with zero attached hydrogens (tertiary/aromatic N) is 6. The standard InChI is InChI=1S/C35H37ClFN7O/c1-3-42(4-2)15-16-43-17-19-44(20-18-43)34(45)24-9-12-27(13-10-24)40-35-39-23-25-22-38-33(29-7-5-6-8-31(29)37)30-21-26(36)11-14-28(30)32(25)41-35/h5-14,21,23H,3-4,15-20,22H2,1-2H3,(H,39,40,41). The summed E-state index contributed by atoms with van der Waals surface area (Å²) in [6.07, 6.45) is 1.75. The highest BCUT2D eigenvalue weighted by Crippen LogP contribution is 2.34. The van der Waals surface area contributed by atoms with Crippen molar-refractivity contribution >= 4 is 34.9 Å². The van der Waals surface area contributed by atoms with Crippen LogP contribution in [0.25, 0.3) is 11.3 Å². The molecule has 2 aliphatic rings. The third kappa shape index (κ3) is 6.91. The third-order valence-electron chi connectivity index (χ3n) is 8.57. The van der Waals surface area contributed by atoms with E-state index in [-0.39, 0.29) is 11.7 Å². The van der Waals surface area contributed by atoms with Gasteiger partial charge in [-0.1, -0.05) is 43.6 Å². The zero-order chi connectivity index (χ0) is 31.3. The molecule has 3 aromatic carbocycles. The summed E-state index contributed by atoms with van der Waals surface area (Å²) in [7, 11) is 0. The molecule has 0 aliphatic carbocycles. The molecule has 8 nitrogen and oxygen atoms in total. The molecule has 1 N–H and O–H groups in total. The number of carbonyl (C=O) groups is 1. The summed E-state index contributed by atoms with van der Waals surface area (Å²) in [6, 6.07) is 19.5. The Labute approximate surface area is 268 Å². The number of hydrogen-bond donors (Lipinski definition) is 1. The lowest BCUT2D eigenvalue weighted by Crippen LogP contribution is -2.50. The van der Waals surface area contributed by atoms with Crippen LogP contribution >= 0.6 is 11.6 Å². The monoisotopic (exact) mass is 625 g/mol. The van der Waals surface area contributed by atoms with E-state index >= 15 is 0 Å². The fourth-order valence-electron chi connectivity index (χ4n) is 5.87. The van der Waals surface area contributed by atoms with E-state index in [1.54, 1.807) is 36.5 Å². The lowest BCUT2D eigenvalue weighted by Gasteiger charge is -2.35. The smallest absolute Gasteiger partial charge is 0.253 e. The van der Waals surface area contributed by atoms with Gasteiger partial charge in [-0.15, -0.1) is 0 Å². The fraction of sp³-hybridized carbons (Fsp3) is 0.314. The largest absolute Gasteiger partial charge is 0.336 e. The summed E-state index contributed by atoms with van der Waals surface area (Å²) in [6.45, 7) is 12.2. The summed E-state index contributed by atoms with van der Waals surface area (Å²) < 4.78 is 14.8. The van der Waals surface area contributed by atoms with Gasteiger partial charge >= 0.3 is 0 Å². The maximum atomic E-state index is 14.8. The van der Waals surface area contributed by atoms with Crippen LogP contribution in [0.2, 0.25) is 5.02 Å². The van der Waals surface area contributed by atoms with Crippen LogP contribution in [0.3, 0.4) is 0 Å². The van der Waals surface area contributed by atoms with Gasteiger partial charge in [-0.3, -0.25) is 14.7 Å². The predicted molar refractivity (Wildman–Crippen MR) is 178 cm³/mol. The maximum absolute atomic E-state index is 14.8. The second-order valence-electron chi connectivity index (χ2n) is 11.3. The molecule has 0 bridgehead atoms. The number of fused-ring (bicyclic) bond motifs is 3. The van der Waals surface area contributed by atoms with Crippen molar-refractivity contribution in [2.24, 2.45) is 4.99 Å². The number of likely N-dealkylation sites (N-methyl/N-ethyl adjacent to an activating group) is 1. The summed E-state index contributed by atoms with van der Waals surface area (Å²) in [5, 5.41) is 3.80. The van der Waals surface area contributed by atoms with E-state index in [1.807, 2.05) is 35.2 Å². The van der Waals surface area contributed by atoms with E-state index < -0.39 is 0 Å². The van der Waals surface area contributed by atoms with Crippen LogP contribution in [0.5, 0.6) is 0 Å². The molecule has 0 atom stereocenters. The molecule has 1 saturated heterocycles. The summed E-state index contributed by atoms with van der Waals surface area (Å²) in [5.74, 6) is 0.104. The van der Waals surface area contributed by atoms with Gasteiger partial charge in [-0.2, -0.15) is 0 Å². The molecule has 0 spiro atoms. The molecule has 0 radical (unpaired) electrons. The van der Waals surface area contributed by atoms with Crippen LogP contribution in [0.15, 0.2) is 77.9 Å². The summed E-state index contributed by atoms with van der Waals surface area (Å²) in [5.41, 5.74) is 5.40. The Morgan fingerprint density at radius 2 is 1.71 bits per heavy atom. The molecule has 3 heterocycles. The number of aliphatic imine (C=N–C) groups is 1. The van der Waals surface area contributed by atoms with Crippen LogP contribution in [0.1, 0.15) is 40.9 Å². The van der Waals surface area contributed by atoms with E-state index in [1.165, 1.54) is 6.07 Å². The highest BCUT2D eigenvalue weighted by Gasteiger charge is 2.24. The second-order valence-corrected chi connectivity index (χ2v) is 11.7. The summed E-state index contributed by atoms with van der Waals surface area (Å²) >= 11 is 6.39. The van der Waals surface area contributed by atoms with Crippen molar-refractivity contribution in [1.82, 2.24) is 24.7 Å². The first kappa shape index (κ1) is 30.8. The van der Waals surface area contributed by atoms with Crippen LogP contribution in [-0.4, -0.2) is 88.6 Å². The van der Waals surface area contributed by atoms with Gasteiger partial charge in [0.15, 0.2) is 0 Å². The number of benzene rings is 3. The number of hydrogen-bond acceptors (Lipinski definition) is 7. The molecule has 232 valence electrons. The lowest BCUT2D eigenvalue weighted by atomic mass is 9.95. The highest BCUT2D eigenvalue weighted by molar-refractivity contribution is 6.31. The van der Waals surface area contributed by atoms with Crippen molar-refractivity contribution in [3.8, 4) is 11.3 Å². The maximum Gasteiger partial charge on any atom is 0.253 e. The Morgan fingerprint density at radius 1 is 0.956 bits per heavy atom. The number of anilines is 2. The van der Waals surface area contributed by atoms with E-state index in [0.29, 0.717) is 45.6 Å². The molecule has 0 unspecified atom stereocenters. The zero-order valence-corrected chi connectivity index (χ0v) is 26.4. The van der Waals surface area contributed by atoms with Crippen molar-refractivity contribution < 1.29 is 9.18 Å². The van der Waals surface area contributed by atoms with Gasteiger partial charge in [0.25, 0.3) is 5.91 Å². The normalized spacial score (nSPS) is 14.9. The number of aromatic nitrogens is 2. The topological polar surface area (TPSA) is 77.0 Å². The van der Waals surface area contributed by atoms with Gasteiger partial charge in [-0.25, -0.2) is 14.4 Å². The average Bonchev–Trinajstić information content (AvgIpc) is 3.22. The number of rotatable bonds is 9. The van der Waals surface area contributed by atoms with Crippen molar-refractivity contribution in [2.75, 3.05) is 57.7 Å². The van der Waals surface area contributed by atoms with Gasteiger partial charge in [-0.05, 0) is 61.6 Å². The van der Waals surface area contributed by atoms with Crippen molar-refractivity contribution in [3.63, 3.8) is 0 Å². The first-order valence-corrected chi connectivity index (χ1v) is 15.9. The van der Waals surface area contributed by atoms with Crippen LogP contribution in [0.4, 0.5) is 16.0 Å². The van der Waals surface area contributed by atoms with Gasteiger partial charge in [0.2, 0.25) is 5.95 Å². The molecule has 1 amide bonds. The SMILES string of the molecule is CCN(CC)CCN1CCN(C(=O)c2ccc(Nc3ncc4c(n3)-c3ccc(Cl)cc3C(c3ccccc3F)=NC4)cc2)CC1. The average molecular weight is 626 g/mol. The van der Waals surface area contributed by atoms with Crippen LogP contribution in [-0.2, 0) is 6.54 Å². The number of carbonyl (C=O) groups excluding carboxylic acids is 1. The molecule has 1 fully saturated rings. The quantitative estimate of drug-likeness (QED) is 0.241. The number of amides is 1. The number of nitrogens with one attached hydrogen (secondary N) is 1. The molecule has 0 saturated carbocycles. The lowest BCUT2D eigenvalue weighted by molar-refractivity contribution is 0.0625. The minimum absolute atomic E-state index is 0.0483. The van der Waals surface area contributed by atoms with Crippen molar-refractivity contribution in [2.45, 2.75) is 20.4 Å². The first-order chi connectivity index (χ1) is 21.9. The Bertz CT molecular complexity index is 1700. The molecular formula is C35H37ClFN7O. The molecule has 2 aliphatic heterocycles. The van der Waals surface area contributed by atoms with E-state index in [4.69, 9.17) is 21.6 Å². The van der Waals surface area contributed by atoms with E-state index in [9.17, 15) is 9.18 Å². The Hall–Kier alpha value is -4.18. The minimum atomic E-state index is -0.350. The first-order valence-electron chi connectivity index (χ1n) is 15.5. The van der Waals surface area contributed by atoms with Gasteiger partial charge in [0.05, 0.1) is 18.0 Å². The molecular weight excluding hydrogens is 589 g/mol. The molecule has 6 rings (SSSR count). The molecule has 4 aromatic rings. The fourth-order valence-corrected chi connectivity index (χ4v) is 6.04. The Kier molecular flexibility index (Phi) is 9.49. The third-order valence-corrected chi connectivity index (χ3v) is 8.80. The van der Waals surface area contributed by atoms with E-state index in [2.05, 4.69) is 33.9 Å². The van der Waals surface area contributed by atoms with Crippen molar-refractivity contribution in [1.29, 1.82) is 0 Å². The molecule has 45 heavy (non-hydrogen) atoms. The highest BCUT2D eigenvalue weighted by atomic mass is 35.5. The summed E-state index contributed by atoms with van der Waals surface area (Å²) in [4.78, 5) is 34.2. The van der Waals surface area contributed by atoms with Crippen LogP contribution < -0.4 is 5.32 Å². The number of piperazine rings is 1. The predicted octanol–water partition coefficient (Wildman–Crippen LogP) is 6.13. The minimum Gasteiger partial charge on any atom is -0.336 e. The molecule has 1 aromatic heterocycles. The van der Waals surface area contributed by atoms with Crippen LogP contribution in [0, 0.1) is 5.82 Å². The Balaban J connectivity index is 1.14. The Morgan fingerprint density at radius 3 is 2.44 bits per heavy atom. The molecule has 10 heteroatoms. The van der Waals surface area contributed by atoms with Gasteiger partial charge in [0.1, 0.15) is 5.82 Å².